The lowest BCUT2D eigenvalue weighted by atomic mass is 9.75. The maximum atomic E-state index is 11.9. The monoisotopic (exact) mass is 310 g/mol. The summed E-state index contributed by atoms with van der Waals surface area (Å²) in [5.41, 5.74) is -0.0360. The Hall–Kier alpha value is 0.160. The number of likely N-dealkylation sites (N-methyl/N-ethyl adjacent to an activating group) is 1. The minimum absolute atomic E-state index is 0.0360. The van der Waals surface area contributed by atoms with Gasteiger partial charge in [-0.1, -0.05) is 19.8 Å². The van der Waals surface area contributed by atoms with Crippen LogP contribution in [0.4, 0.5) is 0 Å². The molecule has 0 aliphatic heterocycles. The molecule has 1 fully saturated rings. The van der Waals surface area contributed by atoms with Crippen molar-refractivity contribution in [3.05, 3.63) is 0 Å². The van der Waals surface area contributed by atoms with Gasteiger partial charge in [-0.25, -0.2) is 13.1 Å². The van der Waals surface area contributed by atoms with E-state index in [1.807, 2.05) is 14.1 Å². The van der Waals surface area contributed by atoms with Crippen LogP contribution in [0.1, 0.15) is 39.0 Å². The molecule has 0 radical (unpaired) electrons. The van der Waals surface area contributed by atoms with E-state index in [9.17, 15) is 8.42 Å². The topological polar surface area (TPSA) is 49.4 Å². The zero-order chi connectivity index (χ0) is 14.5. The number of alkyl halides is 1. The van der Waals surface area contributed by atoms with Crippen LogP contribution in [0.25, 0.3) is 0 Å². The van der Waals surface area contributed by atoms with Gasteiger partial charge < -0.3 is 4.90 Å². The zero-order valence-corrected chi connectivity index (χ0v) is 13.9. The first-order chi connectivity index (χ1) is 8.81. The molecule has 1 rings (SSSR count). The molecule has 0 aromatic heterocycles. The van der Waals surface area contributed by atoms with Gasteiger partial charge in [0.2, 0.25) is 10.0 Å². The molecule has 1 N–H and O–H groups in total. The number of halogens is 1. The highest BCUT2D eigenvalue weighted by Crippen LogP contribution is 2.35. The largest absolute Gasteiger partial charge is 0.302 e. The van der Waals surface area contributed by atoms with Crippen LogP contribution in [0.3, 0.4) is 0 Å². The Balaban J connectivity index is 2.64. The second-order valence-corrected chi connectivity index (χ2v) is 8.31. The Labute approximate surface area is 122 Å². The van der Waals surface area contributed by atoms with Crippen LogP contribution in [0.2, 0.25) is 0 Å². The Morgan fingerprint density at radius 3 is 2.63 bits per heavy atom. The molecule has 0 amide bonds. The first-order valence-electron chi connectivity index (χ1n) is 7.02. The van der Waals surface area contributed by atoms with Crippen molar-refractivity contribution < 1.29 is 8.42 Å². The van der Waals surface area contributed by atoms with Crippen LogP contribution in [-0.4, -0.2) is 51.1 Å². The lowest BCUT2D eigenvalue weighted by molar-refractivity contribution is 0.0805. The van der Waals surface area contributed by atoms with Crippen molar-refractivity contribution in [2.75, 3.05) is 32.3 Å². The van der Waals surface area contributed by atoms with Crippen molar-refractivity contribution in [1.82, 2.24) is 9.62 Å². The minimum Gasteiger partial charge on any atom is -0.302 e. The third-order valence-corrected chi connectivity index (χ3v) is 5.86. The third-order valence-electron chi connectivity index (χ3n) is 4.18. The summed E-state index contributed by atoms with van der Waals surface area (Å²) >= 11 is 5.55. The molecule has 4 nitrogen and oxygen atoms in total. The molecule has 6 heteroatoms. The summed E-state index contributed by atoms with van der Waals surface area (Å²) in [6.07, 6.45) is 5.03. The molecule has 1 saturated carbocycles. The highest BCUT2D eigenvalue weighted by molar-refractivity contribution is 7.89. The molecule has 2 unspecified atom stereocenters. The van der Waals surface area contributed by atoms with Crippen molar-refractivity contribution in [3.63, 3.8) is 0 Å². The zero-order valence-electron chi connectivity index (χ0n) is 12.3. The van der Waals surface area contributed by atoms with Gasteiger partial charge in [0.15, 0.2) is 0 Å². The molecule has 0 aromatic rings. The van der Waals surface area contributed by atoms with Crippen molar-refractivity contribution in [2.24, 2.45) is 5.92 Å². The maximum absolute atomic E-state index is 11.9. The Morgan fingerprint density at radius 1 is 1.42 bits per heavy atom. The number of hydrogen-bond donors (Lipinski definition) is 1. The minimum atomic E-state index is -3.19. The van der Waals surface area contributed by atoms with Crippen molar-refractivity contribution >= 4 is 21.6 Å². The van der Waals surface area contributed by atoms with Gasteiger partial charge in [-0.15, -0.1) is 11.6 Å². The van der Waals surface area contributed by atoms with E-state index in [2.05, 4.69) is 16.5 Å². The summed E-state index contributed by atoms with van der Waals surface area (Å²) in [6, 6.07) is 0. The molecule has 1 aliphatic rings. The molecule has 1 aliphatic carbocycles. The van der Waals surface area contributed by atoms with Gasteiger partial charge in [-0.3, -0.25) is 0 Å². The molecular weight excluding hydrogens is 284 g/mol. The molecular formula is C13H27ClN2O2S. The van der Waals surface area contributed by atoms with E-state index >= 15 is 0 Å². The average Bonchev–Trinajstić information content (AvgIpc) is 2.34. The predicted octanol–water partition coefficient (Wildman–Crippen LogP) is 2.05. The third kappa shape index (κ3) is 5.21. The normalized spacial score (nSPS) is 28.8. The van der Waals surface area contributed by atoms with Crippen molar-refractivity contribution in [2.45, 2.75) is 44.6 Å². The van der Waals surface area contributed by atoms with Crippen molar-refractivity contribution in [1.29, 1.82) is 0 Å². The molecule has 0 saturated heterocycles. The van der Waals surface area contributed by atoms with E-state index in [4.69, 9.17) is 11.6 Å². The molecule has 2 atom stereocenters. The van der Waals surface area contributed by atoms with E-state index in [-0.39, 0.29) is 11.3 Å². The molecule has 0 bridgehead atoms. The number of rotatable bonds is 7. The standard InChI is InChI=1S/C13H27ClN2O2S/c1-12-6-4-7-13(10-12,16(2)3)11-15-19(17,18)9-5-8-14/h12,15H,4-11H2,1-3H3. The molecule has 0 aromatic carbocycles. The van der Waals surface area contributed by atoms with Crippen LogP contribution >= 0.6 is 11.6 Å². The quantitative estimate of drug-likeness (QED) is 0.732. The van der Waals surface area contributed by atoms with Crippen LogP contribution < -0.4 is 4.72 Å². The van der Waals surface area contributed by atoms with Crippen LogP contribution in [-0.2, 0) is 10.0 Å². The second-order valence-electron chi connectivity index (χ2n) is 6.00. The van der Waals surface area contributed by atoms with E-state index < -0.39 is 10.0 Å². The van der Waals surface area contributed by atoms with Gasteiger partial charge in [-0.05, 0) is 39.3 Å². The number of nitrogens with zero attached hydrogens (tertiary/aromatic N) is 1. The molecule has 19 heavy (non-hydrogen) atoms. The SMILES string of the molecule is CC1CCCC(CNS(=O)(=O)CCCCl)(N(C)C)C1. The lowest BCUT2D eigenvalue weighted by Gasteiger charge is -2.45. The Morgan fingerprint density at radius 2 is 2.11 bits per heavy atom. The molecule has 114 valence electrons. The Bertz CT molecular complexity index is 373. The molecule has 0 spiro atoms. The summed E-state index contributed by atoms with van der Waals surface area (Å²) in [6.45, 7) is 2.76. The number of nitrogens with one attached hydrogen (secondary N) is 1. The first-order valence-corrected chi connectivity index (χ1v) is 9.21. The van der Waals surface area contributed by atoms with E-state index in [0.29, 0.717) is 24.8 Å². The Kier molecular flexibility index (Phi) is 6.57. The fraction of sp³-hybridized carbons (Fsp3) is 1.00. The van der Waals surface area contributed by atoms with Gasteiger partial charge in [0.1, 0.15) is 0 Å². The summed E-state index contributed by atoms with van der Waals surface area (Å²) in [7, 11) is 0.900. The van der Waals surface area contributed by atoms with Crippen LogP contribution in [0.5, 0.6) is 0 Å². The average molecular weight is 311 g/mol. The smallest absolute Gasteiger partial charge is 0.211 e. The number of sulfonamides is 1. The van der Waals surface area contributed by atoms with Crippen LogP contribution in [0.15, 0.2) is 0 Å². The van der Waals surface area contributed by atoms with E-state index in [1.54, 1.807) is 0 Å². The molecule has 0 heterocycles. The van der Waals surface area contributed by atoms with Crippen LogP contribution in [0, 0.1) is 5.92 Å². The van der Waals surface area contributed by atoms with Gasteiger partial charge in [0, 0.05) is 18.0 Å². The van der Waals surface area contributed by atoms with Gasteiger partial charge in [0.05, 0.1) is 5.75 Å². The predicted molar refractivity (Wildman–Crippen MR) is 81.2 cm³/mol. The fourth-order valence-electron chi connectivity index (χ4n) is 2.92. The first kappa shape index (κ1) is 17.2. The summed E-state index contributed by atoms with van der Waals surface area (Å²) in [4.78, 5) is 2.19. The summed E-state index contributed by atoms with van der Waals surface area (Å²) < 4.78 is 26.6. The highest BCUT2D eigenvalue weighted by Gasteiger charge is 2.37. The van der Waals surface area contributed by atoms with Crippen molar-refractivity contribution in [3.8, 4) is 0 Å². The second kappa shape index (κ2) is 7.25. The van der Waals surface area contributed by atoms with Gasteiger partial charge >= 0.3 is 0 Å². The summed E-state index contributed by atoms with van der Waals surface area (Å²) in [5.74, 6) is 1.16. The maximum Gasteiger partial charge on any atom is 0.211 e. The lowest BCUT2D eigenvalue weighted by Crippen LogP contribution is -2.55. The number of hydrogen-bond acceptors (Lipinski definition) is 3. The van der Waals surface area contributed by atoms with Gasteiger partial charge in [-0.2, -0.15) is 0 Å². The summed E-state index contributed by atoms with van der Waals surface area (Å²) in [5, 5.41) is 0. The van der Waals surface area contributed by atoms with Gasteiger partial charge in [0.25, 0.3) is 0 Å². The highest BCUT2D eigenvalue weighted by atomic mass is 35.5. The van der Waals surface area contributed by atoms with E-state index in [0.717, 1.165) is 12.8 Å². The fourth-order valence-corrected chi connectivity index (χ4v) is 4.37. The van der Waals surface area contributed by atoms with E-state index in [1.165, 1.54) is 12.8 Å².